The molecule has 0 bridgehead atoms. The van der Waals surface area contributed by atoms with E-state index in [9.17, 15) is 18.0 Å². The first-order valence-electron chi connectivity index (χ1n) is 4.37. The fourth-order valence-corrected chi connectivity index (χ4v) is 1.27. The van der Waals surface area contributed by atoms with Gasteiger partial charge in [-0.1, -0.05) is 0 Å². The molecule has 1 saturated heterocycles. The number of aromatic nitrogens is 2. The summed E-state index contributed by atoms with van der Waals surface area (Å²) in [6.07, 6.45) is -2.15. The normalized spacial score (nSPS) is 24.4. The van der Waals surface area contributed by atoms with Gasteiger partial charge in [0, 0.05) is 6.20 Å². The van der Waals surface area contributed by atoms with Gasteiger partial charge in [-0.2, -0.15) is 18.3 Å². The number of ether oxygens (including phenoxy) is 1. The highest BCUT2D eigenvalue weighted by atomic mass is 19.4. The summed E-state index contributed by atoms with van der Waals surface area (Å²) in [6.45, 7) is -0.855. The van der Waals surface area contributed by atoms with Gasteiger partial charge in [-0.05, 0) is 0 Å². The number of halogens is 3. The Kier molecular flexibility index (Phi) is 2.19. The molecule has 0 aliphatic carbocycles. The van der Waals surface area contributed by atoms with Crippen molar-refractivity contribution in [2.24, 2.45) is 5.73 Å². The van der Waals surface area contributed by atoms with Crippen molar-refractivity contribution in [2.45, 2.75) is 18.3 Å². The maximum atomic E-state index is 12.5. The fraction of sp³-hybridized carbons (Fsp3) is 0.500. The molecule has 1 fully saturated rings. The molecule has 2 heterocycles. The minimum atomic E-state index is -4.44. The molecular weight excluding hydrogens is 227 g/mol. The highest BCUT2D eigenvalue weighted by Crippen LogP contribution is 2.44. The molecule has 8 heteroatoms. The van der Waals surface area contributed by atoms with E-state index in [1.165, 1.54) is 0 Å². The van der Waals surface area contributed by atoms with Crippen molar-refractivity contribution in [3.63, 3.8) is 0 Å². The molecule has 2 N–H and O–H groups in total. The number of rotatable bonds is 3. The molecule has 16 heavy (non-hydrogen) atoms. The second-order valence-corrected chi connectivity index (χ2v) is 3.57. The predicted octanol–water partition coefficient (Wildman–Crippen LogP) is 0.313. The lowest BCUT2D eigenvalue weighted by Gasteiger charge is -2.15. The Morgan fingerprint density at radius 1 is 1.69 bits per heavy atom. The molecule has 1 atom stereocenters. The molecule has 2 rings (SSSR count). The lowest BCUT2D eigenvalue weighted by molar-refractivity contribution is -0.187. The van der Waals surface area contributed by atoms with Crippen LogP contribution in [0, 0.1) is 0 Å². The van der Waals surface area contributed by atoms with Gasteiger partial charge in [0.2, 0.25) is 5.60 Å². The van der Waals surface area contributed by atoms with Crippen LogP contribution in [0.4, 0.5) is 13.2 Å². The summed E-state index contributed by atoms with van der Waals surface area (Å²) in [6, 6.07) is 0. The van der Waals surface area contributed by atoms with Crippen LogP contribution in [0.15, 0.2) is 12.4 Å². The van der Waals surface area contributed by atoms with Gasteiger partial charge in [0.15, 0.2) is 0 Å². The van der Waals surface area contributed by atoms with Crippen LogP contribution in [0.5, 0.6) is 0 Å². The number of hydrogen-bond donors (Lipinski definition) is 1. The van der Waals surface area contributed by atoms with Crippen molar-refractivity contribution < 1.29 is 22.7 Å². The van der Waals surface area contributed by atoms with E-state index in [1.54, 1.807) is 0 Å². The first-order valence-corrected chi connectivity index (χ1v) is 4.37. The highest BCUT2D eigenvalue weighted by Gasteiger charge is 2.66. The van der Waals surface area contributed by atoms with E-state index in [1.807, 2.05) is 0 Å². The number of alkyl halides is 3. The Morgan fingerprint density at radius 2 is 2.31 bits per heavy atom. The Bertz CT molecular complexity index is 422. The van der Waals surface area contributed by atoms with Crippen LogP contribution in [0.2, 0.25) is 0 Å². The average Bonchev–Trinajstić information content (AvgIpc) is 2.76. The van der Waals surface area contributed by atoms with Gasteiger partial charge in [-0.3, -0.25) is 9.48 Å². The molecule has 1 aromatic heterocycles. The first kappa shape index (κ1) is 10.9. The maximum absolute atomic E-state index is 12.5. The number of nitrogens with zero attached hydrogens (tertiary/aromatic N) is 2. The smallest absolute Gasteiger partial charge is 0.366 e. The van der Waals surface area contributed by atoms with Gasteiger partial charge < -0.3 is 10.5 Å². The Hall–Kier alpha value is -1.57. The summed E-state index contributed by atoms with van der Waals surface area (Å²) in [5, 5.41) is 3.61. The van der Waals surface area contributed by atoms with E-state index in [0.717, 1.165) is 17.1 Å². The molecule has 0 saturated carbocycles. The second-order valence-electron chi connectivity index (χ2n) is 3.57. The van der Waals surface area contributed by atoms with E-state index in [0.29, 0.717) is 0 Å². The van der Waals surface area contributed by atoms with Crippen molar-refractivity contribution in [3.05, 3.63) is 18.0 Å². The van der Waals surface area contributed by atoms with Crippen LogP contribution < -0.4 is 5.73 Å². The third-order valence-corrected chi connectivity index (χ3v) is 2.34. The number of epoxide rings is 1. The molecule has 1 aliphatic heterocycles. The number of nitrogens with two attached hydrogens (primary N) is 1. The number of carbonyl (C=O) groups excluding carboxylic acids is 1. The predicted molar refractivity (Wildman–Crippen MR) is 45.5 cm³/mol. The summed E-state index contributed by atoms with van der Waals surface area (Å²) < 4.78 is 42.9. The minimum Gasteiger partial charge on any atom is -0.366 e. The van der Waals surface area contributed by atoms with Crippen LogP contribution in [0.1, 0.15) is 10.4 Å². The Morgan fingerprint density at radius 3 is 2.69 bits per heavy atom. The lowest BCUT2D eigenvalue weighted by Crippen LogP contribution is -2.37. The van der Waals surface area contributed by atoms with Crippen molar-refractivity contribution in [3.8, 4) is 0 Å². The maximum Gasteiger partial charge on any atom is 0.421 e. The van der Waals surface area contributed by atoms with Crippen LogP contribution in [0.3, 0.4) is 0 Å². The van der Waals surface area contributed by atoms with Crippen LogP contribution in [0.25, 0.3) is 0 Å². The quantitative estimate of drug-likeness (QED) is 0.766. The highest BCUT2D eigenvalue weighted by molar-refractivity contribution is 5.92. The van der Waals surface area contributed by atoms with Crippen molar-refractivity contribution in [2.75, 3.05) is 6.61 Å². The summed E-state index contributed by atoms with van der Waals surface area (Å²) in [4.78, 5) is 10.7. The topological polar surface area (TPSA) is 73.4 Å². The van der Waals surface area contributed by atoms with Crippen LogP contribution >= 0.6 is 0 Å². The van der Waals surface area contributed by atoms with Gasteiger partial charge in [-0.25, -0.2) is 0 Å². The summed E-state index contributed by atoms with van der Waals surface area (Å²) in [5.74, 6) is -0.732. The molecular formula is C8H8F3N3O2. The van der Waals surface area contributed by atoms with Crippen molar-refractivity contribution >= 4 is 5.91 Å². The molecule has 0 aromatic carbocycles. The third-order valence-electron chi connectivity index (χ3n) is 2.34. The zero-order valence-corrected chi connectivity index (χ0v) is 7.99. The van der Waals surface area contributed by atoms with Crippen LogP contribution in [-0.4, -0.2) is 34.1 Å². The fourth-order valence-electron chi connectivity index (χ4n) is 1.27. The monoisotopic (exact) mass is 235 g/mol. The minimum absolute atomic E-state index is 0.0676. The van der Waals surface area contributed by atoms with Gasteiger partial charge in [0.25, 0.3) is 5.91 Å². The number of carbonyl (C=O) groups is 1. The van der Waals surface area contributed by atoms with E-state index in [-0.39, 0.29) is 12.2 Å². The molecule has 1 unspecified atom stereocenters. The number of hydrogen-bond acceptors (Lipinski definition) is 3. The van der Waals surface area contributed by atoms with Crippen molar-refractivity contribution in [1.29, 1.82) is 0 Å². The van der Waals surface area contributed by atoms with E-state index in [2.05, 4.69) is 9.84 Å². The third kappa shape index (κ3) is 1.75. The van der Waals surface area contributed by atoms with E-state index < -0.39 is 24.2 Å². The first-order chi connectivity index (χ1) is 7.34. The molecule has 1 amide bonds. The number of primary amides is 1. The summed E-state index contributed by atoms with van der Waals surface area (Å²) in [5.41, 5.74) is 2.86. The largest absolute Gasteiger partial charge is 0.421 e. The Balaban J connectivity index is 2.13. The second kappa shape index (κ2) is 3.21. The molecule has 0 radical (unpaired) electrons. The average molecular weight is 235 g/mol. The Labute approximate surface area is 88.0 Å². The summed E-state index contributed by atoms with van der Waals surface area (Å²) >= 11 is 0. The standard InChI is InChI=1S/C8H8F3N3O2/c9-8(10,11)7(4-16-7)3-14-2-5(1-13-14)6(12)15/h1-2H,3-4H2,(H2,12,15). The lowest BCUT2D eigenvalue weighted by atomic mass is 10.1. The zero-order chi connectivity index (χ0) is 12.0. The van der Waals surface area contributed by atoms with E-state index >= 15 is 0 Å². The molecule has 1 aromatic rings. The van der Waals surface area contributed by atoms with Gasteiger partial charge >= 0.3 is 6.18 Å². The molecule has 1 aliphatic rings. The van der Waals surface area contributed by atoms with Crippen molar-refractivity contribution in [1.82, 2.24) is 9.78 Å². The van der Waals surface area contributed by atoms with Gasteiger partial charge in [0.05, 0.1) is 24.9 Å². The SMILES string of the molecule is NC(=O)c1cnn(CC2(C(F)(F)F)CO2)c1. The number of amides is 1. The van der Waals surface area contributed by atoms with Gasteiger partial charge in [-0.15, -0.1) is 0 Å². The van der Waals surface area contributed by atoms with E-state index in [4.69, 9.17) is 5.73 Å². The zero-order valence-electron chi connectivity index (χ0n) is 7.99. The van der Waals surface area contributed by atoms with Gasteiger partial charge in [0.1, 0.15) is 0 Å². The molecule has 5 nitrogen and oxygen atoms in total. The molecule has 0 spiro atoms. The summed E-state index contributed by atoms with van der Waals surface area (Å²) in [7, 11) is 0. The van der Waals surface area contributed by atoms with Crippen LogP contribution in [-0.2, 0) is 11.3 Å². The molecule has 88 valence electrons.